The summed E-state index contributed by atoms with van der Waals surface area (Å²) in [6.45, 7) is 1.31. The van der Waals surface area contributed by atoms with Crippen molar-refractivity contribution in [3.63, 3.8) is 0 Å². The van der Waals surface area contributed by atoms with Crippen LogP contribution >= 0.6 is 0 Å². The van der Waals surface area contributed by atoms with E-state index < -0.39 is 5.97 Å². The Bertz CT molecular complexity index is 885. The molecule has 29 heavy (non-hydrogen) atoms. The number of hydrogen-bond donors (Lipinski definition) is 0. The topological polar surface area (TPSA) is 90.9 Å². The van der Waals surface area contributed by atoms with E-state index in [0.29, 0.717) is 24.0 Å². The van der Waals surface area contributed by atoms with E-state index in [0.717, 1.165) is 24.9 Å². The predicted molar refractivity (Wildman–Crippen MR) is 107 cm³/mol. The van der Waals surface area contributed by atoms with E-state index in [2.05, 4.69) is 14.7 Å². The number of rotatable bonds is 6. The lowest BCUT2D eigenvalue weighted by molar-refractivity contribution is -0.139. The van der Waals surface area contributed by atoms with Crippen molar-refractivity contribution in [1.82, 2.24) is 9.97 Å². The highest BCUT2D eigenvalue weighted by atomic mass is 16.6. The fraction of sp³-hybridized carbons (Fsp3) is 0.333. The number of ether oxygens (including phenoxy) is 3. The van der Waals surface area contributed by atoms with Crippen molar-refractivity contribution in [1.29, 1.82) is 0 Å². The van der Waals surface area contributed by atoms with Crippen LogP contribution in [0.3, 0.4) is 0 Å². The monoisotopic (exact) mass is 397 g/mol. The summed E-state index contributed by atoms with van der Waals surface area (Å²) in [5.74, 6) is 0.302. The zero-order valence-electron chi connectivity index (χ0n) is 16.4. The molecule has 3 rings (SSSR count). The third-order valence-corrected chi connectivity index (χ3v) is 4.60. The van der Waals surface area contributed by atoms with Gasteiger partial charge in [0.05, 0.1) is 20.1 Å². The number of piperidine rings is 1. The quantitative estimate of drug-likeness (QED) is 0.417. The number of carbonyl (C=O) groups is 2. The SMILES string of the molecule is COC(=O)/C=C/c1ccc(OC(=O)C2CCCN(c3ncccn3)C2)c(OC)c1. The van der Waals surface area contributed by atoms with Gasteiger partial charge in [-0.3, -0.25) is 4.79 Å². The molecule has 0 radical (unpaired) electrons. The van der Waals surface area contributed by atoms with Gasteiger partial charge in [0, 0.05) is 31.6 Å². The van der Waals surface area contributed by atoms with E-state index in [4.69, 9.17) is 9.47 Å². The second kappa shape index (κ2) is 9.68. The van der Waals surface area contributed by atoms with Gasteiger partial charge in [0.2, 0.25) is 5.95 Å². The first-order valence-electron chi connectivity index (χ1n) is 9.28. The molecule has 1 saturated heterocycles. The Balaban J connectivity index is 1.68. The lowest BCUT2D eigenvalue weighted by Gasteiger charge is -2.31. The summed E-state index contributed by atoms with van der Waals surface area (Å²) in [4.78, 5) is 34.5. The van der Waals surface area contributed by atoms with Crippen LogP contribution in [0.25, 0.3) is 6.08 Å². The zero-order valence-corrected chi connectivity index (χ0v) is 16.4. The van der Waals surface area contributed by atoms with Crippen molar-refractivity contribution >= 4 is 24.0 Å². The molecule has 1 fully saturated rings. The molecular weight excluding hydrogens is 374 g/mol. The zero-order chi connectivity index (χ0) is 20.6. The van der Waals surface area contributed by atoms with E-state index in [1.165, 1.54) is 20.3 Å². The van der Waals surface area contributed by atoms with Crippen molar-refractivity contribution in [3.8, 4) is 11.5 Å². The third kappa shape index (κ3) is 5.31. The summed E-state index contributed by atoms with van der Waals surface area (Å²) in [6, 6.07) is 6.83. The van der Waals surface area contributed by atoms with Crippen LogP contribution in [0.15, 0.2) is 42.7 Å². The van der Waals surface area contributed by atoms with Gasteiger partial charge < -0.3 is 19.1 Å². The molecule has 0 bridgehead atoms. The highest BCUT2D eigenvalue weighted by Crippen LogP contribution is 2.30. The van der Waals surface area contributed by atoms with E-state index in [9.17, 15) is 9.59 Å². The molecule has 1 aromatic heterocycles. The van der Waals surface area contributed by atoms with Crippen molar-refractivity contribution in [2.75, 3.05) is 32.2 Å². The number of methoxy groups -OCH3 is 2. The van der Waals surface area contributed by atoms with Gasteiger partial charge in [-0.15, -0.1) is 0 Å². The summed E-state index contributed by atoms with van der Waals surface area (Å²) >= 11 is 0. The molecular formula is C21H23N3O5. The minimum atomic E-state index is -0.455. The maximum Gasteiger partial charge on any atom is 0.330 e. The van der Waals surface area contributed by atoms with Crippen LogP contribution in [0.2, 0.25) is 0 Å². The maximum atomic E-state index is 12.7. The highest BCUT2D eigenvalue weighted by molar-refractivity contribution is 5.87. The van der Waals surface area contributed by atoms with Gasteiger partial charge in [0.15, 0.2) is 11.5 Å². The molecule has 0 aliphatic carbocycles. The molecule has 1 aliphatic rings. The molecule has 1 aliphatic heterocycles. The van der Waals surface area contributed by atoms with E-state index in [-0.39, 0.29) is 11.9 Å². The summed E-state index contributed by atoms with van der Waals surface area (Å²) < 4.78 is 15.5. The maximum absolute atomic E-state index is 12.7. The first kappa shape index (κ1) is 20.3. The van der Waals surface area contributed by atoms with Crippen LogP contribution in [-0.4, -0.2) is 49.2 Å². The van der Waals surface area contributed by atoms with Gasteiger partial charge in [-0.25, -0.2) is 14.8 Å². The van der Waals surface area contributed by atoms with E-state index in [1.807, 2.05) is 4.90 Å². The summed E-state index contributed by atoms with van der Waals surface area (Å²) in [5, 5.41) is 0. The van der Waals surface area contributed by atoms with Crippen LogP contribution in [0, 0.1) is 5.92 Å². The summed E-state index contributed by atoms with van der Waals surface area (Å²) in [7, 11) is 2.81. The fourth-order valence-electron chi connectivity index (χ4n) is 3.10. The molecule has 2 aromatic rings. The van der Waals surface area contributed by atoms with Gasteiger partial charge in [-0.2, -0.15) is 0 Å². The largest absolute Gasteiger partial charge is 0.493 e. The van der Waals surface area contributed by atoms with E-state index >= 15 is 0 Å². The van der Waals surface area contributed by atoms with Crippen LogP contribution in [-0.2, 0) is 14.3 Å². The van der Waals surface area contributed by atoms with Crippen molar-refractivity contribution in [2.45, 2.75) is 12.8 Å². The minimum Gasteiger partial charge on any atom is -0.493 e. The van der Waals surface area contributed by atoms with Crippen LogP contribution in [0.4, 0.5) is 5.95 Å². The lowest BCUT2D eigenvalue weighted by atomic mass is 9.98. The number of anilines is 1. The van der Waals surface area contributed by atoms with Crippen LogP contribution in [0.1, 0.15) is 18.4 Å². The smallest absolute Gasteiger partial charge is 0.330 e. The normalized spacial score (nSPS) is 16.5. The van der Waals surface area contributed by atoms with Crippen molar-refractivity contribution in [3.05, 3.63) is 48.3 Å². The first-order chi connectivity index (χ1) is 14.1. The van der Waals surface area contributed by atoms with E-state index in [1.54, 1.807) is 42.7 Å². The number of carbonyl (C=O) groups excluding carboxylic acids is 2. The number of benzene rings is 1. The van der Waals surface area contributed by atoms with Gasteiger partial charge in [0.25, 0.3) is 0 Å². The summed E-state index contributed by atoms with van der Waals surface area (Å²) in [5.41, 5.74) is 0.720. The Morgan fingerprint density at radius 2 is 1.97 bits per heavy atom. The second-order valence-corrected chi connectivity index (χ2v) is 6.52. The van der Waals surface area contributed by atoms with Gasteiger partial charge in [0.1, 0.15) is 0 Å². The Kier molecular flexibility index (Phi) is 6.78. The summed E-state index contributed by atoms with van der Waals surface area (Å²) in [6.07, 6.45) is 7.87. The Morgan fingerprint density at radius 1 is 1.17 bits per heavy atom. The third-order valence-electron chi connectivity index (χ3n) is 4.60. The van der Waals surface area contributed by atoms with Gasteiger partial charge in [-0.1, -0.05) is 6.07 Å². The number of hydrogen-bond acceptors (Lipinski definition) is 8. The van der Waals surface area contributed by atoms with Crippen LogP contribution < -0.4 is 14.4 Å². The molecule has 8 nitrogen and oxygen atoms in total. The molecule has 8 heteroatoms. The average Bonchev–Trinajstić information content (AvgIpc) is 2.78. The standard InChI is InChI=1S/C21H23N3O5/c1-27-18-13-15(7-9-19(25)28-2)6-8-17(18)29-20(26)16-5-3-12-24(14-16)21-22-10-4-11-23-21/h4,6-11,13,16H,3,5,12,14H2,1-2H3/b9-7+. The highest BCUT2D eigenvalue weighted by Gasteiger charge is 2.29. The molecule has 152 valence electrons. The Morgan fingerprint density at radius 3 is 2.69 bits per heavy atom. The Labute approximate surface area is 169 Å². The second-order valence-electron chi connectivity index (χ2n) is 6.52. The molecule has 0 saturated carbocycles. The van der Waals surface area contributed by atoms with Crippen LogP contribution in [0.5, 0.6) is 11.5 Å². The average molecular weight is 397 g/mol. The molecule has 1 atom stereocenters. The van der Waals surface area contributed by atoms with Crippen molar-refractivity contribution in [2.24, 2.45) is 5.92 Å². The molecule has 1 unspecified atom stereocenters. The van der Waals surface area contributed by atoms with Crippen molar-refractivity contribution < 1.29 is 23.8 Å². The van der Waals surface area contributed by atoms with Gasteiger partial charge >= 0.3 is 11.9 Å². The minimum absolute atomic E-state index is 0.281. The molecule has 0 N–H and O–H groups in total. The molecule has 2 heterocycles. The number of aromatic nitrogens is 2. The first-order valence-corrected chi connectivity index (χ1v) is 9.28. The number of esters is 2. The Hall–Kier alpha value is -3.42. The van der Waals surface area contributed by atoms with Gasteiger partial charge in [-0.05, 0) is 42.7 Å². The molecule has 0 amide bonds. The molecule has 1 aromatic carbocycles. The fourth-order valence-corrected chi connectivity index (χ4v) is 3.10. The number of nitrogens with zero attached hydrogens (tertiary/aromatic N) is 3. The predicted octanol–water partition coefficient (Wildman–Crippen LogP) is 2.49. The lowest BCUT2D eigenvalue weighted by Crippen LogP contribution is -2.41. The molecule has 0 spiro atoms.